The van der Waals surface area contributed by atoms with E-state index in [1.165, 1.54) is 12.1 Å². The van der Waals surface area contributed by atoms with Crippen LogP contribution in [0.1, 0.15) is 5.56 Å². The highest BCUT2D eigenvalue weighted by Gasteiger charge is 2.49. The number of halogens is 1. The predicted molar refractivity (Wildman–Crippen MR) is 65.5 cm³/mol. The molecular weight excluding hydrogens is 312 g/mol. The van der Waals surface area contributed by atoms with E-state index < -0.39 is 25.6 Å². The Bertz CT molecular complexity index is 513. The molecule has 0 bridgehead atoms. The van der Waals surface area contributed by atoms with E-state index in [-0.39, 0.29) is 5.56 Å². The van der Waals surface area contributed by atoms with Crippen molar-refractivity contribution in [1.29, 1.82) is 0 Å². The van der Waals surface area contributed by atoms with Crippen molar-refractivity contribution >= 4 is 31.7 Å². The summed E-state index contributed by atoms with van der Waals surface area (Å²) in [7, 11) is -3.93. The zero-order valence-electron chi connectivity index (χ0n) is 8.87. The van der Waals surface area contributed by atoms with Crippen LogP contribution >= 0.6 is 15.9 Å². The molecule has 0 amide bonds. The molecule has 0 aliphatic carbocycles. The van der Waals surface area contributed by atoms with Crippen molar-refractivity contribution in [2.24, 2.45) is 0 Å². The Morgan fingerprint density at radius 3 is 2.18 bits per heavy atom. The summed E-state index contributed by atoms with van der Waals surface area (Å²) in [6.07, 6.45) is 0.777. The maximum Gasteiger partial charge on any atom is 0.328 e. The Morgan fingerprint density at radius 2 is 1.82 bits per heavy atom. The first kappa shape index (κ1) is 14.1. The van der Waals surface area contributed by atoms with Crippen LogP contribution in [-0.2, 0) is 19.0 Å². The number of sulfone groups is 1. The molecule has 2 atom stereocenters. The van der Waals surface area contributed by atoms with E-state index in [1.807, 2.05) is 0 Å². The molecule has 1 aromatic rings. The second-order valence-electron chi connectivity index (χ2n) is 3.56. The molecule has 17 heavy (non-hydrogen) atoms. The van der Waals surface area contributed by atoms with Gasteiger partial charge in [0.25, 0.3) is 0 Å². The SMILES string of the molecule is CS(=O)(=O)[C@@H](O)C(Br)(C(=O)O)c1ccccc1. The third-order valence-corrected chi connectivity index (χ3v) is 4.95. The van der Waals surface area contributed by atoms with Crippen molar-refractivity contribution in [2.45, 2.75) is 9.76 Å². The van der Waals surface area contributed by atoms with Crippen LogP contribution in [0, 0.1) is 0 Å². The third kappa shape index (κ3) is 2.67. The van der Waals surface area contributed by atoms with E-state index in [0.29, 0.717) is 0 Å². The van der Waals surface area contributed by atoms with E-state index in [0.717, 1.165) is 6.26 Å². The quantitative estimate of drug-likeness (QED) is 0.797. The van der Waals surface area contributed by atoms with Crippen LogP contribution in [-0.4, -0.2) is 36.3 Å². The lowest BCUT2D eigenvalue weighted by molar-refractivity contribution is -0.141. The molecule has 1 aromatic carbocycles. The van der Waals surface area contributed by atoms with Gasteiger partial charge in [0, 0.05) is 6.26 Å². The largest absolute Gasteiger partial charge is 0.480 e. The predicted octanol–water partition coefficient (Wildman–Crippen LogP) is 0.724. The second kappa shape index (κ2) is 4.75. The second-order valence-corrected chi connectivity index (χ2v) is 6.92. The van der Waals surface area contributed by atoms with E-state index in [9.17, 15) is 18.3 Å². The van der Waals surface area contributed by atoms with Crippen LogP contribution < -0.4 is 0 Å². The molecule has 0 aliphatic rings. The van der Waals surface area contributed by atoms with Crippen LogP contribution in [0.3, 0.4) is 0 Å². The van der Waals surface area contributed by atoms with Gasteiger partial charge >= 0.3 is 5.97 Å². The first-order valence-corrected chi connectivity index (χ1v) is 7.30. The maximum absolute atomic E-state index is 11.3. The third-order valence-electron chi connectivity index (χ3n) is 2.25. The molecule has 7 heteroatoms. The van der Waals surface area contributed by atoms with Crippen LogP contribution in [0.25, 0.3) is 0 Å². The number of alkyl halides is 1. The summed E-state index contributed by atoms with van der Waals surface area (Å²) in [5, 5.41) is 18.9. The number of rotatable bonds is 4. The number of carboxylic acids is 1. The monoisotopic (exact) mass is 322 g/mol. The summed E-state index contributed by atoms with van der Waals surface area (Å²) in [4.78, 5) is 11.2. The highest BCUT2D eigenvalue weighted by Crippen LogP contribution is 2.37. The van der Waals surface area contributed by atoms with E-state index >= 15 is 0 Å². The lowest BCUT2D eigenvalue weighted by Crippen LogP contribution is -2.45. The number of hydrogen-bond donors (Lipinski definition) is 2. The Kier molecular flexibility index (Phi) is 3.95. The van der Waals surface area contributed by atoms with Gasteiger partial charge in [0.1, 0.15) is 0 Å². The fraction of sp³-hybridized carbons (Fsp3) is 0.300. The minimum Gasteiger partial charge on any atom is -0.480 e. The average molecular weight is 323 g/mol. The van der Waals surface area contributed by atoms with Crippen molar-refractivity contribution in [3.63, 3.8) is 0 Å². The van der Waals surface area contributed by atoms with Gasteiger partial charge in [0.05, 0.1) is 0 Å². The number of aliphatic hydroxyl groups excluding tert-OH is 1. The van der Waals surface area contributed by atoms with Crippen molar-refractivity contribution < 1.29 is 23.4 Å². The van der Waals surface area contributed by atoms with Crippen LogP contribution in [0.5, 0.6) is 0 Å². The summed E-state index contributed by atoms with van der Waals surface area (Å²) < 4.78 is 20.6. The van der Waals surface area contributed by atoms with E-state index in [4.69, 9.17) is 5.11 Å². The molecule has 0 fully saturated rings. The van der Waals surface area contributed by atoms with Gasteiger partial charge in [0.15, 0.2) is 19.6 Å². The Hall–Kier alpha value is -0.920. The van der Waals surface area contributed by atoms with Crippen molar-refractivity contribution in [3.8, 4) is 0 Å². The van der Waals surface area contributed by atoms with Gasteiger partial charge in [-0.2, -0.15) is 0 Å². The van der Waals surface area contributed by atoms with Crippen molar-refractivity contribution in [1.82, 2.24) is 0 Å². The molecule has 0 heterocycles. The summed E-state index contributed by atoms with van der Waals surface area (Å²) in [6.45, 7) is 0. The molecule has 0 saturated heterocycles. The van der Waals surface area contributed by atoms with Gasteiger partial charge < -0.3 is 10.2 Å². The summed E-state index contributed by atoms with van der Waals surface area (Å²) in [5.74, 6) is -1.47. The van der Waals surface area contributed by atoms with Crippen LogP contribution in [0.15, 0.2) is 30.3 Å². The standard InChI is InChI=1S/C10H11BrO5S/c1-17(15,16)9(14)10(11,8(12)13)7-5-3-2-4-6-7/h2-6,9,14H,1H3,(H,12,13)/t9-,10?/m1/s1. The number of benzene rings is 1. The average Bonchev–Trinajstić information content (AvgIpc) is 2.26. The van der Waals surface area contributed by atoms with Gasteiger partial charge in [0.2, 0.25) is 0 Å². The summed E-state index contributed by atoms with van der Waals surface area (Å²) in [5.41, 5.74) is -1.92. The number of hydrogen-bond acceptors (Lipinski definition) is 4. The zero-order valence-corrected chi connectivity index (χ0v) is 11.3. The Labute approximate surface area is 107 Å². The van der Waals surface area contributed by atoms with Gasteiger partial charge in [-0.05, 0) is 5.56 Å². The summed E-state index contributed by atoms with van der Waals surface area (Å²) in [6, 6.07) is 7.63. The molecule has 2 N–H and O–H groups in total. The van der Waals surface area contributed by atoms with Crippen LogP contribution in [0.4, 0.5) is 0 Å². The first-order chi connectivity index (χ1) is 7.70. The fourth-order valence-corrected chi connectivity index (χ4v) is 3.46. The highest BCUT2D eigenvalue weighted by atomic mass is 79.9. The molecule has 94 valence electrons. The highest BCUT2D eigenvalue weighted by molar-refractivity contribution is 9.10. The van der Waals surface area contributed by atoms with E-state index in [1.54, 1.807) is 18.2 Å². The molecule has 1 unspecified atom stereocenters. The lowest BCUT2D eigenvalue weighted by atomic mass is 10.00. The topological polar surface area (TPSA) is 91.7 Å². The minimum atomic E-state index is -3.93. The van der Waals surface area contributed by atoms with Gasteiger partial charge in [-0.1, -0.05) is 46.3 Å². The van der Waals surface area contributed by atoms with Gasteiger partial charge in [-0.25, -0.2) is 8.42 Å². The number of aliphatic hydroxyl groups is 1. The van der Waals surface area contributed by atoms with E-state index in [2.05, 4.69) is 15.9 Å². The minimum absolute atomic E-state index is 0.158. The van der Waals surface area contributed by atoms with Crippen LogP contribution in [0.2, 0.25) is 0 Å². The van der Waals surface area contributed by atoms with Gasteiger partial charge in [-0.15, -0.1) is 0 Å². The van der Waals surface area contributed by atoms with Gasteiger partial charge in [-0.3, -0.25) is 4.79 Å². The summed E-state index contributed by atoms with van der Waals surface area (Å²) >= 11 is 2.83. The number of aliphatic carboxylic acids is 1. The smallest absolute Gasteiger partial charge is 0.328 e. The molecular formula is C10H11BrO5S. The molecule has 0 spiro atoms. The lowest BCUT2D eigenvalue weighted by Gasteiger charge is -2.27. The van der Waals surface area contributed by atoms with Crippen molar-refractivity contribution in [3.05, 3.63) is 35.9 Å². The molecule has 0 radical (unpaired) electrons. The zero-order chi connectivity index (χ0) is 13.3. The van der Waals surface area contributed by atoms with Crippen molar-refractivity contribution in [2.75, 3.05) is 6.26 Å². The molecule has 5 nitrogen and oxygen atoms in total. The fourth-order valence-electron chi connectivity index (χ4n) is 1.35. The molecule has 0 aromatic heterocycles. The number of carbonyl (C=O) groups is 1. The Balaban J connectivity index is 3.40. The molecule has 1 rings (SSSR count). The number of carboxylic acid groups (broad SMARTS) is 1. The molecule has 0 aliphatic heterocycles. The normalized spacial score (nSPS) is 17.1. The first-order valence-electron chi connectivity index (χ1n) is 4.55. The Morgan fingerprint density at radius 1 is 1.35 bits per heavy atom. The maximum atomic E-state index is 11.3. The molecule has 0 saturated carbocycles.